The van der Waals surface area contributed by atoms with Crippen molar-refractivity contribution in [2.75, 3.05) is 6.61 Å². The van der Waals surface area contributed by atoms with Gasteiger partial charge < -0.3 is 10.5 Å². The number of hydrogen-bond acceptors (Lipinski definition) is 4. The number of benzene rings is 1. The maximum Gasteiger partial charge on any atom is 0.270 e. The predicted octanol–water partition coefficient (Wildman–Crippen LogP) is 1.63. The summed E-state index contributed by atoms with van der Waals surface area (Å²) < 4.78 is 6.81. The van der Waals surface area contributed by atoms with Crippen LogP contribution in [0.3, 0.4) is 0 Å². The summed E-state index contributed by atoms with van der Waals surface area (Å²) in [6.45, 7) is 6.74. The summed E-state index contributed by atoms with van der Waals surface area (Å²) in [5, 5.41) is 4.15. The van der Waals surface area contributed by atoms with E-state index in [9.17, 15) is 4.79 Å². The van der Waals surface area contributed by atoms with Crippen molar-refractivity contribution in [3.05, 3.63) is 57.5 Å². The third-order valence-corrected chi connectivity index (χ3v) is 2.97. The number of nitrogens with zero attached hydrogens (tertiary/aromatic N) is 2. The van der Waals surface area contributed by atoms with E-state index < -0.39 is 0 Å². The Morgan fingerprint density at radius 3 is 2.48 bits per heavy atom. The summed E-state index contributed by atoms with van der Waals surface area (Å²) >= 11 is 0. The molecule has 0 spiro atoms. The van der Waals surface area contributed by atoms with E-state index in [1.165, 1.54) is 21.9 Å². The Balaban J connectivity index is 2.15. The van der Waals surface area contributed by atoms with Crippen LogP contribution in [0.25, 0.3) is 0 Å². The minimum Gasteiger partial charge on any atom is -0.490 e. The summed E-state index contributed by atoms with van der Waals surface area (Å²) in [5.41, 5.74) is 8.84. The van der Waals surface area contributed by atoms with Crippen molar-refractivity contribution in [2.24, 2.45) is 5.73 Å². The molecule has 0 aliphatic rings. The van der Waals surface area contributed by atoms with Crippen molar-refractivity contribution < 1.29 is 4.74 Å². The first kappa shape index (κ1) is 15.3. The van der Waals surface area contributed by atoms with Gasteiger partial charge in [-0.3, -0.25) is 4.79 Å². The summed E-state index contributed by atoms with van der Waals surface area (Å²) in [7, 11) is 0. The maximum atomic E-state index is 12.0. The Labute approximate surface area is 124 Å². The highest BCUT2D eigenvalue weighted by Crippen LogP contribution is 2.10. The molecular formula is C16H21N3O2. The molecule has 0 fully saturated rings. The van der Waals surface area contributed by atoms with Crippen LogP contribution >= 0.6 is 0 Å². The molecule has 0 aliphatic carbocycles. The van der Waals surface area contributed by atoms with Crippen molar-refractivity contribution in [1.29, 1.82) is 0 Å². The van der Waals surface area contributed by atoms with Crippen molar-refractivity contribution in [3.63, 3.8) is 0 Å². The number of ether oxygens (including phenoxy) is 1. The van der Waals surface area contributed by atoms with Gasteiger partial charge in [0.25, 0.3) is 5.56 Å². The third-order valence-electron chi connectivity index (χ3n) is 2.97. The zero-order chi connectivity index (χ0) is 15.4. The number of nitrogens with two attached hydrogens (primary N) is 1. The quantitative estimate of drug-likeness (QED) is 0.907. The number of aromatic nitrogens is 2. The van der Waals surface area contributed by atoms with Crippen LogP contribution in [0.15, 0.2) is 35.3 Å². The van der Waals surface area contributed by atoms with Crippen LogP contribution in [0.1, 0.15) is 23.6 Å². The molecule has 1 aromatic carbocycles. The van der Waals surface area contributed by atoms with E-state index in [0.29, 0.717) is 18.9 Å². The summed E-state index contributed by atoms with van der Waals surface area (Å²) in [6.07, 6.45) is 1.55. The molecule has 1 atom stereocenters. The van der Waals surface area contributed by atoms with Crippen LogP contribution in [0.5, 0.6) is 5.75 Å². The molecule has 2 N–H and O–H groups in total. The fourth-order valence-electron chi connectivity index (χ4n) is 2.18. The van der Waals surface area contributed by atoms with Gasteiger partial charge in [-0.15, -0.1) is 0 Å². The average Bonchev–Trinajstić information content (AvgIpc) is 2.38. The first-order chi connectivity index (χ1) is 9.94. The fraction of sp³-hybridized carbons (Fsp3) is 0.375. The first-order valence-electron chi connectivity index (χ1n) is 6.97. The van der Waals surface area contributed by atoms with E-state index in [1.807, 2.05) is 20.8 Å². The van der Waals surface area contributed by atoms with Gasteiger partial charge in [0.1, 0.15) is 12.4 Å². The minimum absolute atomic E-state index is 0.0808. The molecule has 0 saturated heterocycles. The largest absolute Gasteiger partial charge is 0.490 e. The van der Waals surface area contributed by atoms with Gasteiger partial charge in [-0.2, -0.15) is 5.10 Å². The second-order valence-corrected chi connectivity index (χ2v) is 5.47. The molecule has 0 bridgehead atoms. The minimum atomic E-state index is -0.184. The van der Waals surface area contributed by atoms with Crippen LogP contribution in [-0.2, 0) is 6.54 Å². The molecule has 0 radical (unpaired) electrons. The molecule has 2 aromatic rings. The van der Waals surface area contributed by atoms with Crippen molar-refractivity contribution in [3.8, 4) is 5.75 Å². The van der Waals surface area contributed by atoms with Gasteiger partial charge in [0.05, 0.1) is 12.7 Å². The topological polar surface area (TPSA) is 70.1 Å². The second kappa shape index (κ2) is 6.54. The number of aryl methyl sites for hydroxylation is 2. The molecule has 1 unspecified atom stereocenters. The molecule has 1 heterocycles. The molecule has 1 aromatic heterocycles. The number of hydrogen-bond donors (Lipinski definition) is 1. The van der Waals surface area contributed by atoms with Crippen LogP contribution in [0.4, 0.5) is 0 Å². The fourth-order valence-corrected chi connectivity index (χ4v) is 2.18. The average molecular weight is 287 g/mol. The second-order valence-electron chi connectivity index (χ2n) is 5.47. The molecule has 5 nitrogen and oxygen atoms in total. The van der Waals surface area contributed by atoms with E-state index in [1.54, 1.807) is 6.20 Å². The van der Waals surface area contributed by atoms with Gasteiger partial charge in [-0.05, 0) is 26.3 Å². The molecule has 0 saturated carbocycles. The van der Waals surface area contributed by atoms with E-state index >= 15 is 0 Å². The summed E-state index contributed by atoms with van der Waals surface area (Å²) in [6, 6.07) is 7.58. The molecule has 5 heteroatoms. The molecule has 21 heavy (non-hydrogen) atoms. The van der Waals surface area contributed by atoms with Crippen molar-refractivity contribution in [2.45, 2.75) is 33.4 Å². The number of rotatable bonds is 5. The van der Waals surface area contributed by atoms with Crippen molar-refractivity contribution >= 4 is 0 Å². The third kappa shape index (κ3) is 4.43. The highest BCUT2D eigenvalue weighted by molar-refractivity contribution is 5.28. The Morgan fingerprint density at radius 1 is 1.24 bits per heavy atom. The van der Waals surface area contributed by atoms with E-state index in [2.05, 4.69) is 23.3 Å². The smallest absolute Gasteiger partial charge is 0.270 e. The normalized spacial score (nSPS) is 12.2. The van der Waals surface area contributed by atoms with Gasteiger partial charge in [-0.25, -0.2) is 4.68 Å². The van der Waals surface area contributed by atoms with E-state index in [-0.39, 0.29) is 11.6 Å². The summed E-state index contributed by atoms with van der Waals surface area (Å²) in [5.74, 6) is 0.453. The van der Waals surface area contributed by atoms with Crippen LogP contribution in [0.2, 0.25) is 0 Å². The Bertz CT molecular complexity index is 657. The molecule has 112 valence electrons. The maximum absolute atomic E-state index is 12.0. The summed E-state index contributed by atoms with van der Waals surface area (Å²) in [4.78, 5) is 12.0. The SMILES string of the molecule is Cc1cc(C)cc(Cn2ncc(OCC(C)N)cc2=O)c1. The lowest BCUT2D eigenvalue weighted by molar-refractivity contribution is 0.293. The van der Waals surface area contributed by atoms with Gasteiger partial charge in [0, 0.05) is 12.1 Å². The Kier molecular flexibility index (Phi) is 4.75. The monoisotopic (exact) mass is 287 g/mol. The zero-order valence-electron chi connectivity index (χ0n) is 12.7. The zero-order valence-corrected chi connectivity index (χ0v) is 12.7. The molecule has 0 aliphatic heterocycles. The lowest BCUT2D eigenvalue weighted by atomic mass is 10.1. The van der Waals surface area contributed by atoms with Gasteiger partial charge >= 0.3 is 0 Å². The van der Waals surface area contributed by atoms with E-state index in [0.717, 1.165) is 5.56 Å². The van der Waals surface area contributed by atoms with Gasteiger partial charge in [0.15, 0.2) is 0 Å². The van der Waals surface area contributed by atoms with Gasteiger partial charge in [0.2, 0.25) is 0 Å². The van der Waals surface area contributed by atoms with E-state index in [4.69, 9.17) is 10.5 Å². The molecular weight excluding hydrogens is 266 g/mol. The lowest BCUT2D eigenvalue weighted by Gasteiger charge is -2.10. The Hall–Kier alpha value is -2.14. The van der Waals surface area contributed by atoms with Crippen LogP contribution < -0.4 is 16.0 Å². The van der Waals surface area contributed by atoms with Crippen LogP contribution in [0, 0.1) is 13.8 Å². The first-order valence-corrected chi connectivity index (χ1v) is 6.97. The molecule has 2 rings (SSSR count). The van der Waals surface area contributed by atoms with Crippen LogP contribution in [-0.4, -0.2) is 22.4 Å². The van der Waals surface area contributed by atoms with Crippen molar-refractivity contribution in [1.82, 2.24) is 9.78 Å². The van der Waals surface area contributed by atoms with Gasteiger partial charge in [-0.1, -0.05) is 29.3 Å². The standard InChI is InChI=1S/C16H21N3O2/c1-11-4-12(2)6-14(5-11)9-19-16(20)7-15(8-18-19)21-10-13(3)17/h4-8,13H,9-10,17H2,1-3H3. The highest BCUT2D eigenvalue weighted by Gasteiger charge is 2.04. The molecule has 0 amide bonds. The predicted molar refractivity (Wildman–Crippen MR) is 82.7 cm³/mol. The Morgan fingerprint density at radius 2 is 1.90 bits per heavy atom. The highest BCUT2D eigenvalue weighted by atomic mass is 16.5. The lowest BCUT2D eigenvalue weighted by Crippen LogP contribution is -2.26.